The first-order valence-corrected chi connectivity index (χ1v) is 11.8. The number of carbonyl (C=O) groups is 1. The second-order valence-corrected chi connectivity index (χ2v) is 9.44. The number of benzene rings is 3. The topological polar surface area (TPSA) is 78.5 Å². The highest BCUT2D eigenvalue weighted by Gasteiger charge is 2.30. The van der Waals surface area contributed by atoms with Crippen LogP contribution in [0.4, 0.5) is 11.4 Å². The summed E-state index contributed by atoms with van der Waals surface area (Å²) in [5.41, 5.74) is 3.22. The van der Waals surface area contributed by atoms with Gasteiger partial charge in [-0.1, -0.05) is 48.5 Å². The van der Waals surface area contributed by atoms with Gasteiger partial charge in [0.1, 0.15) is 0 Å². The van der Waals surface area contributed by atoms with Crippen molar-refractivity contribution in [3.8, 4) is 0 Å². The van der Waals surface area contributed by atoms with E-state index in [9.17, 15) is 13.2 Å². The normalized spacial score (nSPS) is 13.1. The fourth-order valence-electron chi connectivity index (χ4n) is 3.45. The number of amides is 1. The fraction of sp³-hybridized carbons (Fsp3) is 0.0833. The Morgan fingerprint density at radius 2 is 1.62 bits per heavy atom. The highest BCUT2D eigenvalue weighted by molar-refractivity contribution is 7.92. The van der Waals surface area contributed by atoms with Crippen LogP contribution in [0.1, 0.15) is 11.1 Å². The summed E-state index contributed by atoms with van der Waals surface area (Å²) in [6.45, 7) is 0.425. The van der Waals surface area contributed by atoms with Crippen molar-refractivity contribution in [1.82, 2.24) is 5.32 Å². The Morgan fingerprint density at radius 3 is 2.38 bits per heavy atom. The van der Waals surface area contributed by atoms with Crippen LogP contribution in [0.3, 0.4) is 0 Å². The second-order valence-electron chi connectivity index (χ2n) is 7.17. The number of para-hydroxylation sites is 1. The maximum absolute atomic E-state index is 13.1. The number of sulfonamides is 1. The molecule has 1 heterocycles. The van der Waals surface area contributed by atoms with Crippen molar-refractivity contribution in [3.05, 3.63) is 96.1 Å². The molecule has 6 nitrogen and oxygen atoms in total. The highest BCUT2D eigenvalue weighted by Crippen LogP contribution is 2.32. The summed E-state index contributed by atoms with van der Waals surface area (Å²) >= 11 is 5.18. The zero-order valence-corrected chi connectivity index (χ0v) is 18.7. The maximum Gasteiger partial charge on any atom is 0.264 e. The van der Waals surface area contributed by atoms with E-state index >= 15 is 0 Å². The van der Waals surface area contributed by atoms with Crippen LogP contribution < -0.4 is 14.9 Å². The van der Waals surface area contributed by atoms with Gasteiger partial charge in [0, 0.05) is 18.3 Å². The minimum absolute atomic E-state index is 0.122. The number of nitrogens with one attached hydrogen (secondary N) is 2. The lowest BCUT2D eigenvalue weighted by atomic mass is 10.2. The number of hydrogen-bond donors (Lipinski definition) is 2. The van der Waals surface area contributed by atoms with Gasteiger partial charge in [-0.05, 0) is 66.2 Å². The van der Waals surface area contributed by atoms with E-state index in [0.29, 0.717) is 18.7 Å². The van der Waals surface area contributed by atoms with Crippen molar-refractivity contribution in [3.63, 3.8) is 0 Å². The number of carbonyl (C=O) groups excluding carboxylic acids is 1. The zero-order chi connectivity index (χ0) is 22.6. The van der Waals surface area contributed by atoms with E-state index in [-0.39, 0.29) is 15.9 Å². The zero-order valence-electron chi connectivity index (χ0n) is 17.1. The Balaban J connectivity index is 1.38. The van der Waals surface area contributed by atoms with Gasteiger partial charge in [0.05, 0.1) is 10.6 Å². The van der Waals surface area contributed by atoms with E-state index in [1.165, 1.54) is 22.5 Å². The van der Waals surface area contributed by atoms with Crippen LogP contribution >= 0.6 is 12.2 Å². The molecule has 1 amide bonds. The Kier molecular flexibility index (Phi) is 6.34. The van der Waals surface area contributed by atoms with Crippen LogP contribution in [0.5, 0.6) is 0 Å². The molecule has 0 bridgehead atoms. The molecule has 1 aliphatic heterocycles. The molecule has 3 aromatic rings. The van der Waals surface area contributed by atoms with Crippen molar-refractivity contribution >= 4 is 50.7 Å². The summed E-state index contributed by atoms with van der Waals surface area (Å²) in [7, 11) is -3.66. The quantitative estimate of drug-likeness (QED) is 0.442. The Bertz CT molecular complexity index is 1270. The van der Waals surface area contributed by atoms with Crippen LogP contribution in [0.2, 0.25) is 0 Å². The SMILES string of the molecule is O=C(C=Cc1ccccc1)NC(=S)Nc1ccc(S(=O)(=O)N2CCc3ccccc32)cc1. The predicted molar refractivity (Wildman–Crippen MR) is 131 cm³/mol. The molecule has 0 saturated carbocycles. The molecule has 0 fully saturated rings. The van der Waals surface area contributed by atoms with Gasteiger partial charge in [-0.15, -0.1) is 0 Å². The largest absolute Gasteiger partial charge is 0.332 e. The average molecular weight is 464 g/mol. The molecule has 0 saturated heterocycles. The third-order valence-electron chi connectivity index (χ3n) is 5.01. The summed E-state index contributed by atoms with van der Waals surface area (Å²) in [5.74, 6) is -0.363. The number of thiocarbonyl (C=S) groups is 1. The lowest BCUT2D eigenvalue weighted by molar-refractivity contribution is -0.115. The smallest absolute Gasteiger partial charge is 0.264 e. The minimum atomic E-state index is -3.66. The lowest BCUT2D eigenvalue weighted by Crippen LogP contribution is -2.32. The average Bonchev–Trinajstić information content (AvgIpc) is 3.24. The van der Waals surface area contributed by atoms with Crippen LogP contribution in [-0.4, -0.2) is 26.0 Å². The summed E-state index contributed by atoms with van der Waals surface area (Å²) in [6, 6.07) is 23.2. The van der Waals surface area contributed by atoms with Crippen molar-refractivity contribution in [2.24, 2.45) is 0 Å². The van der Waals surface area contributed by atoms with Gasteiger partial charge < -0.3 is 5.32 Å². The molecule has 0 aromatic heterocycles. The van der Waals surface area contributed by atoms with E-state index in [1.54, 1.807) is 18.2 Å². The van der Waals surface area contributed by atoms with Crippen molar-refractivity contribution in [2.75, 3.05) is 16.2 Å². The predicted octanol–water partition coefficient (Wildman–Crippen LogP) is 3.96. The molecule has 2 N–H and O–H groups in total. The van der Waals surface area contributed by atoms with Crippen LogP contribution in [0.25, 0.3) is 6.08 Å². The van der Waals surface area contributed by atoms with Crippen LogP contribution in [-0.2, 0) is 21.2 Å². The monoisotopic (exact) mass is 463 g/mol. The number of anilines is 2. The number of nitrogens with zero attached hydrogens (tertiary/aromatic N) is 1. The summed E-state index contributed by atoms with van der Waals surface area (Å²) in [5, 5.41) is 5.58. The molecule has 0 spiro atoms. The van der Waals surface area contributed by atoms with Crippen molar-refractivity contribution < 1.29 is 13.2 Å². The van der Waals surface area contributed by atoms with E-state index in [0.717, 1.165) is 16.8 Å². The summed E-state index contributed by atoms with van der Waals surface area (Å²) in [6.07, 6.45) is 3.78. The first-order chi connectivity index (χ1) is 15.4. The lowest BCUT2D eigenvalue weighted by Gasteiger charge is -2.19. The standard InChI is InChI=1S/C24H21N3O3S2/c28-23(15-10-18-6-2-1-3-7-18)26-24(31)25-20-11-13-21(14-12-20)32(29,30)27-17-16-19-8-4-5-9-22(19)27/h1-15H,16-17H2,(H2,25,26,28,31). The van der Waals surface area contributed by atoms with Crippen LogP contribution in [0.15, 0.2) is 89.8 Å². The van der Waals surface area contributed by atoms with E-state index in [1.807, 2.05) is 54.6 Å². The number of rotatable bonds is 5. The molecule has 32 heavy (non-hydrogen) atoms. The van der Waals surface area contributed by atoms with E-state index < -0.39 is 10.0 Å². The van der Waals surface area contributed by atoms with Gasteiger partial charge in [0.15, 0.2) is 5.11 Å². The van der Waals surface area contributed by atoms with Crippen molar-refractivity contribution in [2.45, 2.75) is 11.3 Å². The molecule has 162 valence electrons. The van der Waals surface area contributed by atoms with Gasteiger partial charge >= 0.3 is 0 Å². The second kappa shape index (κ2) is 9.33. The Morgan fingerprint density at radius 1 is 0.938 bits per heavy atom. The summed E-state index contributed by atoms with van der Waals surface area (Å²) in [4.78, 5) is 12.2. The van der Waals surface area contributed by atoms with Gasteiger partial charge in [-0.3, -0.25) is 14.4 Å². The first-order valence-electron chi connectivity index (χ1n) is 9.99. The molecule has 4 rings (SSSR count). The molecule has 0 atom stereocenters. The molecule has 0 unspecified atom stereocenters. The fourth-order valence-corrected chi connectivity index (χ4v) is 5.17. The maximum atomic E-state index is 13.1. The number of fused-ring (bicyclic) bond motifs is 1. The molecule has 8 heteroatoms. The molecule has 0 radical (unpaired) electrons. The first kappa shape index (κ1) is 21.7. The molecule has 0 aliphatic carbocycles. The highest BCUT2D eigenvalue weighted by atomic mass is 32.2. The molecular weight excluding hydrogens is 442 g/mol. The molecular formula is C24H21N3O3S2. The summed E-state index contributed by atoms with van der Waals surface area (Å²) < 4.78 is 27.6. The van der Waals surface area contributed by atoms with Gasteiger partial charge in [-0.25, -0.2) is 8.42 Å². The van der Waals surface area contributed by atoms with E-state index in [4.69, 9.17) is 12.2 Å². The van der Waals surface area contributed by atoms with E-state index in [2.05, 4.69) is 10.6 Å². The molecule has 3 aromatic carbocycles. The Hall–Kier alpha value is -3.49. The van der Waals surface area contributed by atoms with Crippen LogP contribution in [0, 0.1) is 0 Å². The Labute approximate surface area is 192 Å². The third kappa shape index (κ3) is 4.87. The molecule has 1 aliphatic rings. The van der Waals surface area contributed by atoms with Gasteiger partial charge in [0.2, 0.25) is 5.91 Å². The van der Waals surface area contributed by atoms with Gasteiger partial charge in [0.25, 0.3) is 10.0 Å². The van der Waals surface area contributed by atoms with Crippen molar-refractivity contribution in [1.29, 1.82) is 0 Å². The van der Waals surface area contributed by atoms with Gasteiger partial charge in [-0.2, -0.15) is 0 Å². The number of hydrogen-bond acceptors (Lipinski definition) is 4. The third-order valence-corrected chi connectivity index (χ3v) is 7.04. The minimum Gasteiger partial charge on any atom is -0.332 e.